The average molecular weight is 342 g/mol. The van der Waals surface area contributed by atoms with E-state index in [0.29, 0.717) is 11.3 Å². The van der Waals surface area contributed by atoms with Crippen molar-refractivity contribution in [3.8, 4) is 28.8 Å². The van der Waals surface area contributed by atoms with E-state index in [9.17, 15) is 9.18 Å². The Morgan fingerprint density at radius 3 is 2.92 bits per heavy atom. The zero-order valence-corrected chi connectivity index (χ0v) is 14.3. The van der Waals surface area contributed by atoms with Gasteiger partial charge in [-0.1, -0.05) is 12.0 Å². The molecule has 0 fully saturated rings. The standard InChI is InChI=1S/C18H19FN4O2/c1-4-5-15(24)23-12(3)9-25-17-16(21-10-22-18(17)20)14-8-13(19)7-6-11(14)2/h6-8,10,12H,9H2,1-3H3,(H,23,24)(H2,20,21,22). The molecule has 130 valence electrons. The van der Waals surface area contributed by atoms with Crippen LogP contribution in [0.15, 0.2) is 24.5 Å². The third-order valence-corrected chi connectivity index (χ3v) is 3.38. The Hall–Kier alpha value is -3.14. The van der Waals surface area contributed by atoms with Crippen LogP contribution >= 0.6 is 0 Å². The van der Waals surface area contributed by atoms with Gasteiger partial charge in [-0.15, -0.1) is 0 Å². The molecule has 1 heterocycles. The average Bonchev–Trinajstić information content (AvgIpc) is 2.56. The Morgan fingerprint density at radius 1 is 1.44 bits per heavy atom. The van der Waals surface area contributed by atoms with Gasteiger partial charge in [0, 0.05) is 5.56 Å². The van der Waals surface area contributed by atoms with Crippen molar-refractivity contribution >= 4 is 11.7 Å². The van der Waals surface area contributed by atoms with Gasteiger partial charge in [-0.3, -0.25) is 4.79 Å². The summed E-state index contributed by atoms with van der Waals surface area (Å²) in [6, 6.07) is 4.08. The fourth-order valence-electron chi connectivity index (χ4n) is 2.19. The Bertz CT molecular complexity index is 843. The van der Waals surface area contributed by atoms with Crippen LogP contribution in [0.4, 0.5) is 10.2 Å². The molecular weight excluding hydrogens is 323 g/mol. The van der Waals surface area contributed by atoms with Crippen molar-refractivity contribution in [1.29, 1.82) is 0 Å². The third-order valence-electron chi connectivity index (χ3n) is 3.38. The SMILES string of the molecule is CC#CC(=O)NC(C)COc1c(N)ncnc1-c1cc(F)ccc1C. The summed E-state index contributed by atoms with van der Waals surface area (Å²) in [5.74, 6) is 4.52. The number of aromatic nitrogens is 2. The Balaban J connectivity index is 2.25. The van der Waals surface area contributed by atoms with E-state index in [1.54, 1.807) is 19.9 Å². The van der Waals surface area contributed by atoms with E-state index in [4.69, 9.17) is 10.5 Å². The van der Waals surface area contributed by atoms with E-state index < -0.39 is 5.91 Å². The summed E-state index contributed by atoms with van der Waals surface area (Å²) in [4.78, 5) is 19.6. The van der Waals surface area contributed by atoms with Crippen molar-refractivity contribution in [2.75, 3.05) is 12.3 Å². The maximum Gasteiger partial charge on any atom is 0.296 e. The van der Waals surface area contributed by atoms with Gasteiger partial charge in [-0.2, -0.15) is 0 Å². The second-order valence-corrected chi connectivity index (χ2v) is 5.46. The number of halogens is 1. The second-order valence-electron chi connectivity index (χ2n) is 5.46. The van der Waals surface area contributed by atoms with E-state index in [1.165, 1.54) is 18.5 Å². The summed E-state index contributed by atoms with van der Waals surface area (Å²) in [5.41, 5.74) is 7.69. The topological polar surface area (TPSA) is 90.1 Å². The lowest BCUT2D eigenvalue weighted by atomic mass is 10.0. The van der Waals surface area contributed by atoms with Crippen molar-refractivity contribution in [2.45, 2.75) is 26.8 Å². The van der Waals surface area contributed by atoms with Gasteiger partial charge in [0.05, 0.1) is 6.04 Å². The Morgan fingerprint density at radius 2 is 2.20 bits per heavy atom. The lowest BCUT2D eigenvalue weighted by Crippen LogP contribution is -2.36. The quantitative estimate of drug-likeness (QED) is 0.812. The highest BCUT2D eigenvalue weighted by Crippen LogP contribution is 2.33. The number of nitrogens with two attached hydrogens (primary N) is 1. The molecular formula is C18H19FN4O2. The maximum atomic E-state index is 13.6. The van der Waals surface area contributed by atoms with Gasteiger partial charge >= 0.3 is 0 Å². The van der Waals surface area contributed by atoms with Crippen LogP contribution in [-0.2, 0) is 4.79 Å². The predicted octanol–water partition coefficient (Wildman–Crippen LogP) is 2.08. The van der Waals surface area contributed by atoms with Crippen molar-refractivity contribution in [3.05, 3.63) is 35.9 Å². The number of hydrogen-bond donors (Lipinski definition) is 2. The minimum absolute atomic E-state index is 0.135. The number of ether oxygens (including phenoxy) is 1. The molecule has 1 unspecified atom stereocenters. The summed E-state index contributed by atoms with van der Waals surface area (Å²) in [5, 5.41) is 2.67. The van der Waals surface area contributed by atoms with Gasteiger partial charge < -0.3 is 15.8 Å². The van der Waals surface area contributed by atoms with Crippen LogP contribution in [0.25, 0.3) is 11.3 Å². The molecule has 0 radical (unpaired) electrons. The molecule has 0 aliphatic heterocycles. The highest BCUT2D eigenvalue weighted by Gasteiger charge is 2.17. The van der Waals surface area contributed by atoms with Crippen molar-refractivity contribution in [2.24, 2.45) is 0 Å². The molecule has 0 saturated carbocycles. The Kier molecular flexibility index (Phi) is 5.90. The normalized spacial score (nSPS) is 11.2. The summed E-state index contributed by atoms with van der Waals surface area (Å²) >= 11 is 0. The molecule has 2 rings (SSSR count). The highest BCUT2D eigenvalue weighted by atomic mass is 19.1. The molecule has 1 aromatic carbocycles. The van der Waals surface area contributed by atoms with Crippen LogP contribution in [-0.4, -0.2) is 28.5 Å². The molecule has 25 heavy (non-hydrogen) atoms. The molecule has 1 aromatic heterocycles. The molecule has 1 amide bonds. The molecule has 0 aliphatic rings. The zero-order valence-electron chi connectivity index (χ0n) is 14.3. The first-order valence-corrected chi connectivity index (χ1v) is 7.65. The summed E-state index contributed by atoms with van der Waals surface area (Å²) in [6.45, 7) is 5.32. The minimum Gasteiger partial charge on any atom is -0.485 e. The number of nitrogen functional groups attached to an aromatic ring is 1. The van der Waals surface area contributed by atoms with Gasteiger partial charge in [0.25, 0.3) is 5.91 Å². The number of nitrogens with zero attached hydrogens (tertiary/aromatic N) is 2. The molecule has 6 nitrogen and oxygen atoms in total. The van der Waals surface area contributed by atoms with E-state index in [0.717, 1.165) is 5.56 Å². The van der Waals surface area contributed by atoms with E-state index in [-0.39, 0.29) is 30.0 Å². The van der Waals surface area contributed by atoms with Gasteiger partial charge in [-0.25, -0.2) is 14.4 Å². The highest BCUT2D eigenvalue weighted by molar-refractivity contribution is 5.93. The monoisotopic (exact) mass is 342 g/mol. The number of anilines is 1. The van der Waals surface area contributed by atoms with E-state index in [1.807, 2.05) is 6.92 Å². The number of hydrogen-bond acceptors (Lipinski definition) is 5. The number of carbonyl (C=O) groups excluding carboxylic acids is 1. The third kappa shape index (κ3) is 4.67. The second kappa shape index (κ2) is 8.11. The predicted molar refractivity (Wildman–Crippen MR) is 93.1 cm³/mol. The van der Waals surface area contributed by atoms with Gasteiger partial charge in [0.1, 0.15) is 24.4 Å². The van der Waals surface area contributed by atoms with Gasteiger partial charge in [-0.05, 0) is 44.4 Å². The van der Waals surface area contributed by atoms with Crippen molar-refractivity contribution in [3.63, 3.8) is 0 Å². The van der Waals surface area contributed by atoms with Crippen LogP contribution in [0.2, 0.25) is 0 Å². The summed E-state index contributed by atoms with van der Waals surface area (Å²) in [7, 11) is 0. The molecule has 7 heteroatoms. The molecule has 0 bridgehead atoms. The maximum absolute atomic E-state index is 13.6. The Labute approximate surface area is 145 Å². The number of amides is 1. The number of nitrogens with one attached hydrogen (secondary N) is 1. The van der Waals surface area contributed by atoms with Crippen LogP contribution in [0, 0.1) is 24.6 Å². The first-order valence-electron chi connectivity index (χ1n) is 7.65. The van der Waals surface area contributed by atoms with E-state index >= 15 is 0 Å². The number of carbonyl (C=O) groups is 1. The number of rotatable bonds is 5. The lowest BCUT2D eigenvalue weighted by molar-refractivity contribution is -0.116. The molecule has 2 aromatic rings. The largest absolute Gasteiger partial charge is 0.485 e. The molecule has 0 spiro atoms. The smallest absolute Gasteiger partial charge is 0.296 e. The summed E-state index contributed by atoms with van der Waals surface area (Å²) in [6.07, 6.45) is 1.30. The fourth-order valence-corrected chi connectivity index (χ4v) is 2.19. The van der Waals surface area contributed by atoms with Crippen molar-refractivity contribution in [1.82, 2.24) is 15.3 Å². The first kappa shape index (κ1) is 18.2. The van der Waals surface area contributed by atoms with Gasteiger partial charge in [0.2, 0.25) is 0 Å². The van der Waals surface area contributed by atoms with Crippen LogP contribution in [0.5, 0.6) is 5.75 Å². The molecule has 3 N–H and O–H groups in total. The van der Waals surface area contributed by atoms with Crippen LogP contribution in [0.1, 0.15) is 19.4 Å². The molecule has 1 atom stereocenters. The molecule has 0 saturated heterocycles. The minimum atomic E-state index is -0.392. The zero-order chi connectivity index (χ0) is 18.4. The number of aryl methyl sites for hydroxylation is 1. The van der Waals surface area contributed by atoms with Crippen LogP contribution < -0.4 is 15.8 Å². The first-order chi connectivity index (χ1) is 11.9. The van der Waals surface area contributed by atoms with Crippen molar-refractivity contribution < 1.29 is 13.9 Å². The van der Waals surface area contributed by atoms with Crippen LogP contribution in [0.3, 0.4) is 0 Å². The number of benzene rings is 1. The lowest BCUT2D eigenvalue weighted by Gasteiger charge is -2.17. The van der Waals surface area contributed by atoms with Gasteiger partial charge in [0.15, 0.2) is 11.6 Å². The fraction of sp³-hybridized carbons (Fsp3) is 0.278. The summed E-state index contributed by atoms with van der Waals surface area (Å²) < 4.78 is 19.3. The molecule has 0 aliphatic carbocycles. The van der Waals surface area contributed by atoms with E-state index in [2.05, 4.69) is 27.1 Å².